The molecule has 2 rings (SSSR count). The molecule has 1 amide bonds. The molecule has 0 fully saturated rings. The van der Waals surface area contributed by atoms with Crippen LogP contribution in [0, 0.1) is 0 Å². The van der Waals surface area contributed by atoms with E-state index in [4.69, 9.17) is 5.11 Å². The van der Waals surface area contributed by atoms with Gasteiger partial charge in [-0.2, -0.15) is 10.2 Å². The van der Waals surface area contributed by atoms with Crippen LogP contribution in [0.25, 0.3) is 0 Å². The van der Waals surface area contributed by atoms with Crippen molar-refractivity contribution in [1.82, 2.24) is 20.0 Å². The van der Waals surface area contributed by atoms with Crippen molar-refractivity contribution in [2.45, 2.75) is 0 Å². The van der Waals surface area contributed by atoms with Crippen LogP contribution >= 0.6 is 0 Å². The average Bonchev–Trinajstić information content (AvgIpc) is 2.72. The molecule has 2 heterocycles. The van der Waals surface area contributed by atoms with Crippen molar-refractivity contribution >= 4 is 17.7 Å². The van der Waals surface area contributed by atoms with Gasteiger partial charge in [-0.05, 0) is 6.07 Å². The lowest BCUT2D eigenvalue weighted by molar-refractivity contribution is 0.0698. The summed E-state index contributed by atoms with van der Waals surface area (Å²) in [5.41, 5.74) is -0.624. The first-order valence-corrected chi connectivity index (χ1v) is 5.11. The fourth-order valence-electron chi connectivity index (χ4n) is 1.38. The molecule has 9 heteroatoms. The average molecular weight is 263 g/mol. The van der Waals surface area contributed by atoms with Gasteiger partial charge in [-0.15, -0.1) is 0 Å². The minimum absolute atomic E-state index is 0.0329. The van der Waals surface area contributed by atoms with Crippen LogP contribution in [0.1, 0.15) is 20.8 Å². The van der Waals surface area contributed by atoms with Gasteiger partial charge in [-0.1, -0.05) is 0 Å². The Labute approximate surface area is 105 Å². The van der Waals surface area contributed by atoms with Gasteiger partial charge in [0.1, 0.15) is 17.1 Å². The topological polar surface area (TPSA) is 130 Å². The van der Waals surface area contributed by atoms with E-state index in [2.05, 4.69) is 20.6 Å². The number of aromatic amines is 1. The number of H-pyrrole nitrogens is 1. The van der Waals surface area contributed by atoms with E-state index in [-0.39, 0.29) is 17.1 Å². The van der Waals surface area contributed by atoms with E-state index < -0.39 is 17.4 Å². The maximum absolute atomic E-state index is 11.8. The quantitative estimate of drug-likeness (QED) is 0.681. The number of hydrogen-bond acceptors (Lipinski definition) is 5. The summed E-state index contributed by atoms with van der Waals surface area (Å²) >= 11 is 0. The van der Waals surface area contributed by atoms with Gasteiger partial charge in [-0.3, -0.25) is 14.3 Å². The molecule has 0 aliphatic carbocycles. The van der Waals surface area contributed by atoms with Crippen molar-refractivity contribution in [3.8, 4) is 0 Å². The predicted octanol–water partition coefficient (Wildman–Crippen LogP) is -0.546. The van der Waals surface area contributed by atoms with Crippen LogP contribution in [0.2, 0.25) is 0 Å². The van der Waals surface area contributed by atoms with Crippen molar-refractivity contribution in [3.05, 3.63) is 39.9 Å². The molecule has 0 saturated heterocycles. The van der Waals surface area contributed by atoms with E-state index >= 15 is 0 Å². The zero-order valence-corrected chi connectivity index (χ0v) is 9.75. The number of carbonyl (C=O) groups is 2. The number of rotatable bonds is 3. The smallest absolute Gasteiger partial charge is 0.341 e. The van der Waals surface area contributed by atoms with E-state index in [1.165, 1.54) is 17.8 Å². The van der Waals surface area contributed by atoms with E-state index in [0.29, 0.717) is 0 Å². The summed E-state index contributed by atoms with van der Waals surface area (Å²) in [5, 5.41) is 20.7. The van der Waals surface area contributed by atoms with Gasteiger partial charge < -0.3 is 10.4 Å². The number of aryl methyl sites for hydroxylation is 1. The van der Waals surface area contributed by atoms with Crippen molar-refractivity contribution in [2.75, 3.05) is 5.32 Å². The van der Waals surface area contributed by atoms with Crippen LogP contribution in [0.15, 0.2) is 23.1 Å². The highest BCUT2D eigenvalue weighted by Crippen LogP contribution is 2.14. The molecule has 0 aliphatic rings. The first-order valence-electron chi connectivity index (χ1n) is 5.11. The number of hydrogen-bond donors (Lipinski definition) is 3. The zero-order chi connectivity index (χ0) is 14.0. The second-order valence-corrected chi connectivity index (χ2v) is 3.60. The Morgan fingerprint density at radius 3 is 2.74 bits per heavy atom. The zero-order valence-electron chi connectivity index (χ0n) is 9.75. The maximum Gasteiger partial charge on any atom is 0.341 e. The van der Waals surface area contributed by atoms with Crippen LogP contribution in [0.4, 0.5) is 5.82 Å². The second-order valence-electron chi connectivity index (χ2n) is 3.60. The first-order chi connectivity index (χ1) is 8.99. The van der Waals surface area contributed by atoms with Gasteiger partial charge in [0.2, 0.25) is 0 Å². The van der Waals surface area contributed by atoms with Gasteiger partial charge in [0.05, 0.1) is 6.20 Å². The highest BCUT2D eigenvalue weighted by atomic mass is 16.4. The summed E-state index contributed by atoms with van der Waals surface area (Å²) < 4.78 is 1.22. The molecule has 0 bridgehead atoms. The number of carbonyl (C=O) groups excluding carboxylic acids is 1. The minimum Gasteiger partial charge on any atom is -0.477 e. The molecule has 0 aromatic carbocycles. The lowest BCUT2D eigenvalue weighted by Crippen LogP contribution is -2.20. The Morgan fingerprint density at radius 2 is 2.16 bits per heavy atom. The Hall–Kier alpha value is -2.97. The van der Waals surface area contributed by atoms with E-state index in [9.17, 15) is 14.4 Å². The number of carboxylic acids is 1. The van der Waals surface area contributed by atoms with Crippen molar-refractivity contribution < 1.29 is 14.7 Å². The third-order valence-electron chi connectivity index (χ3n) is 2.31. The van der Waals surface area contributed by atoms with Crippen molar-refractivity contribution in [2.24, 2.45) is 7.05 Å². The third-order valence-corrected chi connectivity index (χ3v) is 2.31. The molecule has 2 aromatic heterocycles. The van der Waals surface area contributed by atoms with E-state index in [1.54, 1.807) is 0 Å². The molecule has 2 aromatic rings. The third kappa shape index (κ3) is 2.49. The summed E-state index contributed by atoms with van der Waals surface area (Å²) in [6, 6.07) is 2.37. The number of amides is 1. The summed E-state index contributed by atoms with van der Waals surface area (Å²) in [4.78, 5) is 33.6. The number of aromatic carboxylic acids is 1. The highest BCUT2D eigenvalue weighted by molar-refractivity contribution is 6.05. The first kappa shape index (κ1) is 12.5. The van der Waals surface area contributed by atoms with Crippen LogP contribution in [-0.2, 0) is 7.05 Å². The summed E-state index contributed by atoms with van der Waals surface area (Å²) in [7, 11) is 1.49. The van der Waals surface area contributed by atoms with Gasteiger partial charge in [0, 0.05) is 13.1 Å². The monoisotopic (exact) mass is 263 g/mol. The van der Waals surface area contributed by atoms with E-state index in [0.717, 1.165) is 12.3 Å². The molecule has 0 unspecified atom stereocenters. The maximum atomic E-state index is 11.8. The molecule has 98 valence electrons. The summed E-state index contributed by atoms with van der Waals surface area (Å²) in [6.07, 6.45) is 1.12. The van der Waals surface area contributed by atoms with Gasteiger partial charge >= 0.3 is 5.97 Å². The normalized spacial score (nSPS) is 10.2. The number of nitrogens with one attached hydrogen (secondary N) is 2. The summed E-state index contributed by atoms with van der Waals surface area (Å²) in [6.45, 7) is 0. The van der Waals surface area contributed by atoms with Gasteiger partial charge in [0.15, 0.2) is 0 Å². The number of nitrogens with zero attached hydrogens (tertiary/aromatic N) is 3. The fraction of sp³-hybridized carbons (Fsp3) is 0.100. The fourth-order valence-corrected chi connectivity index (χ4v) is 1.38. The number of aromatic nitrogens is 4. The lowest BCUT2D eigenvalue weighted by Gasteiger charge is -2.05. The molecular formula is C10H9N5O4. The molecule has 19 heavy (non-hydrogen) atoms. The SMILES string of the molecule is Cn1ncc(C(=O)O)c1NC(=O)c1ccc(=O)[nH]n1. The van der Waals surface area contributed by atoms with Crippen LogP contribution in [0.5, 0.6) is 0 Å². The van der Waals surface area contributed by atoms with Crippen LogP contribution < -0.4 is 10.9 Å². The minimum atomic E-state index is -1.21. The molecule has 9 nitrogen and oxygen atoms in total. The number of carboxylic acid groups (broad SMARTS) is 1. The Bertz CT molecular complexity index is 682. The predicted molar refractivity (Wildman–Crippen MR) is 63.0 cm³/mol. The Balaban J connectivity index is 2.28. The standard InChI is InChI=1S/C10H9N5O4/c1-15-8(5(4-11-15)10(18)19)12-9(17)6-2-3-7(16)14-13-6/h2-4H,1H3,(H,12,17)(H,14,16)(H,18,19). The van der Waals surface area contributed by atoms with Crippen LogP contribution in [0.3, 0.4) is 0 Å². The molecule has 3 N–H and O–H groups in total. The number of anilines is 1. The van der Waals surface area contributed by atoms with Crippen LogP contribution in [-0.4, -0.2) is 37.0 Å². The molecule has 0 saturated carbocycles. The highest BCUT2D eigenvalue weighted by Gasteiger charge is 2.18. The second kappa shape index (κ2) is 4.72. The molecular weight excluding hydrogens is 254 g/mol. The molecule has 0 atom stereocenters. The Morgan fingerprint density at radius 1 is 1.42 bits per heavy atom. The lowest BCUT2D eigenvalue weighted by atomic mass is 10.3. The Kier molecular flexibility index (Phi) is 3.10. The molecule has 0 radical (unpaired) electrons. The summed E-state index contributed by atoms with van der Waals surface area (Å²) in [5.74, 6) is -1.83. The van der Waals surface area contributed by atoms with Crippen molar-refractivity contribution in [1.29, 1.82) is 0 Å². The van der Waals surface area contributed by atoms with Gasteiger partial charge in [0.25, 0.3) is 11.5 Å². The molecule has 0 aliphatic heterocycles. The van der Waals surface area contributed by atoms with E-state index in [1.807, 2.05) is 0 Å². The largest absolute Gasteiger partial charge is 0.477 e. The molecule has 0 spiro atoms. The van der Waals surface area contributed by atoms with Crippen molar-refractivity contribution in [3.63, 3.8) is 0 Å². The van der Waals surface area contributed by atoms with Gasteiger partial charge in [-0.25, -0.2) is 9.89 Å².